The number of likely N-dealkylation sites (tertiary alicyclic amines) is 1. The molecule has 0 aliphatic carbocycles. The molecule has 126 valence electrons. The molecular weight excluding hydrogens is 328 g/mol. The average molecular weight is 347 g/mol. The van der Waals surface area contributed by atoms with Crippen molar-refractivity contribution in [3.05, 3.63) is 52.9 Å². The SMILES string of the molecule is O=C(O)N1CCCC(Nc2cc(Cc3cccnc3)cc(Cl)n2)C1. The van der Waals surface area contributed by atoms with Crippen LogP contribution in [-0.2, 0) is 6.42 Å². The molecule has 0 aromatic carbocycles. The van der Waals surface area contributed by atoms with Gasteiger partial charge in [-0.2, -0.15) is 0 Å². The monoisotopic (exact) mass is 346 g/mol. The summed E-state index contributed by atoms with van der Waals surface area (Å²) in [6, 6.07) is 7.76. The molecule has 1 amide bonds. The Hall–Kier alpha value is -2.34. The van der Waals surface area contributed by atoms with Gasteiger partial charge in [0.15, 0.2) is 0 Å². The Bertz CT molecular complexity index is 711. The van der Waals surface area contributed by atoms with Gasteiger partial charge < -0.3 is 15.3 Å². The fraction of sp³-hybridized carbons (Fsp3) is 0.353. The lowest BCUT2D eigenvalue weighted by atomic mass is 10.1. The maximum Gasteiger partial charge on any atom is 0.407 e. The number of amides is 1. The molecule has 1 aliphatic heterocycles. The van der Waals surface area contributed by atoms with E-state index < -0.39 is 6.09 Å². The molecule has 2 N–H and O–H groups in total. The van der Waals surface area contributed by atoms with Crippen molar-refractivity contribution in [3.8, 4) is 0 Å². The molecule has 1 saturated heterocycles. The van der Waals surface area contributed by atoms with Gasteiger partial charge in [0.05, 0.1) is 0 Å². The highest BCUT2D eigenvalue weighted by atomic mass is 35.5. The van der Waals surface area contributed by atoms with Crippen LogP contribution in [-0.4, -0.2) is 45.2 Å². The molecule has 2 aromatic rings. The summed E-state index contributed by atoms with van der Waals surface area (Å²) in [6.45, 7) is 1.05. The normalized spacial score (nSPS) is 17.5. The molecule has 2 aromatic heterocycles. The second kappa shape index (κ2) is 7.49. The zero-order valence-electron chi connectivity index (χ0n) is 13.2. The second-order valence-corrected chi connectivity index (χ2v) is 6.32. The van der Waals surface area contributed by atoms with Crippen molar-refractivity contribution in [1.29, 1.82) is 0 Å². The van der Waals surface area contributed by atoms with E-state index in [0.717, 1.165) is 30.4 Å². The number of halogens is 1. The summed E-state index contributed by atoms with van der Waals surface area (Å²) in [6.07, 6.45) is 5.16. The summed E-state index contributed by atoms with van der Waals surface area (Å²) < 4.78 is 0. The van der Waals surface area contributed by atoms with E-state index in [1.165, 1.54) is 4.90 Å². The van der Waals surface area contributed by atoms with Gasteiger partial charge in [0.25, 0.3) is 0 Å². The van der Waals surface area contributed by atoms with Gasteiger partial charge in [-0.1, -0.05) is 17.7 Å². The smallest absolute Gasteiger partial charge is 0.407 e. The maximum atomic E-state index is 11.1. The lowest BCUT2D eigenvalue weighted by Gasteiger charge is -2.31. The van der Waals surface area contributed by atoms with Gasteiger partial charge >= 0.3 is 6.09 Å². The van der Waals surface area contributed by atoms with Crippen molar-refractivity contribution in [2.75, 3.05) is 18.4 Å². The van der Waals surface area contributed by atoms with Crippen LogP contribution in [0.2, 0.25) is 5.15 Å². The van der Waals surface area contributed by atoms with Crippen molar-refractivity contribution in [3.63, 3.8) is 0 Å². The van der Waals surface area contributed by atoms with Crippen molar-refractivity contribution < 1.29 is 9.90 Å². The van der Waals surface area contributed by atoms with Crippen LogP contribution in [0, 0.1) is 0 Å². The average Bonchev–Trinajstić information content (AvgIpc) is 2.55. The van der Waals surface area contributed by atoms with E-state index in [2.05, 4.69) is 15.3 Å². The molecule has 3 heterocycles. The highest BCUT2D eigenvalue weighted by Gasteiger charge is 2.23. The summed E-state index contributed by atoms with van der Waals surface area (Å²) in [5.41, 5.74) is 2.14. The number of carboxylic acid groups (broad SMARTS) is 1. The number of hydrogen-bond donors (Lipinski definition) is 2. The predicted octanol–water partition coefficient (Wildman–Crippen LogP) is 3.28. The first-order valence-corrected chi connectivity index (χ1v) is 8.28. The van der Waals surface area contributed by atoms with Gasteiger partial charge in [0.2, 0.25) is 0 Å². The number of nitrogens with one attached hydrogen (secondary N) is 1. The van der Waals surface area contributed by atoms with Crippen molar-refractivity contribution in [2.24, 2.45) is 0 Å². The topological polar surface area (TPSA) is 78.4 Å². The molecule has 3 rings (SSSR count). The third kappa shape index (κ3) is 4.35. The van der Waals surface area contributed by atoms with Crippen LogP contribution >= 0.6 is 11.6 Å². The maximum absolute atomic E-state index is 11.1. The Morgan fingerprint density at radius 3 is 3.04 bits per heavy atom. The third-order valence-electron chi connectivity index (χ3n) is 4.03. The van der Waals surface area contributed by atoms with E-state index in [9.17, 15) is 4.79 Å². The first kappa shape index (κ1) is 16.5. The Morgan fingerprint density at radius 2 is 2.29 bits per heavy atom. The molecule has 1 unspecified atom stereocenters. The Kier molecular flexibility index (Phi) is 5.15. The van der Waals surface area contributed by atoms with Gasteiger partial charge in [-0.15, -0.1) is 0 Å². The van der Waals surface area contributed by atoms with E-state index in [1.807, 2.05) is 30.5 Å². The summed E-state index contributed by atoms with van der Waals surface area (Å²) in [5, 5.41) is 12.9. The van der Waals surface area contributed by atoms with Crippen molar-refractivity contribution in [2.45, 2.75) is 25.3 Å². The van der Waals surface area contributed by atoms with Gasteiger partial charge in [-0.25, -0.2) is 9.78 Å². The van der Waals surface area contributed by atoms with Crippen LogP contribution in [0.15, 0.2) is 36.7 Å². The minimum atomic E-state index is -0.877. The molecule has 0 bridgehead atoms. The van der Waals surface area contributed by atoms with Gasteiger partial charge in [0, 0.05) is 31.5 Å². The number of pyridine rings is 2. The first-order valence-electron chi connectivity index (χ1n) is 7.90. The van der Waals surface area contributed by atoms with Crippen LogP contribution in [0.1, 0.15) is 24.0 Å². The van der Waals surface area contributed by atoms with Gasteiger partial charge in [-0.3, -0.25) is 4.98 Å². The molecular formula is C17H19ClN4O2. The predicted molar refractivity (Wildman–Crippen MR) is 92.5 cm³/mol. The van der Waals surface area contributed by atoms with Crippen molar-refractivity contribution in [1.82, 2.24) is 14.9 Å². The van der Waals surface area contributed by atoms with E-state index in [4.69, 9.17) is 16.7 Å². The van der Waals surface area contributed by atoms with Crippen LogP contribution in [0.4, 0.5) is 10.6 Å². The quantitative estimate of drug-likeness (QED) is 0.831. The molecule has 1 fully saturated rings. The Balaban J connectivity index is 1.70. The summed E-state index contributed by atoms with van der Waals surface area (Å²) in [4.78, 5) is 21.0. The van der Waals surface area contributed by atoms with E-state index >= 15 is 0 Å². The zero-order chi connectivity index (χ0) is 16.9. The highest BCUT2D eigenvalue weighted by Crippen LogP contribution is 2.20. The van der Waals surface area contributed by atoms with Crippen molar-refractivity contribution >= 4 is 23.5 Å². The molecule has 0 radical (unpaired) electrons. The summed E-state index contributed by atoms with van der Waals surface area (Å²) >= 11 is 6.14. The molecule has 7 heteroatoms. The van der Waals surface area contributed by atoms with Crippen LogP contribution in [0.3, 0.4) is 0 Å². The molecule has 6 nitrogen and oxygen atoms in total. The number of rotatable bonds is 4. The lowest BCUT2D eigenvalue weighted by molar-refractivity contribution is 0.133. The number of piperidine rings is 1. The standard InChI is InChI=1S/C17H19ClN4O2/c18-15-8-13(7-12-3-1-5-19-10-12)9-16(21-15)20-14-4-2-6-22(11-14)17(23)24/h1,3,5,8-10,14H,2,4,6-7,11H2,(H,20,21)(H,23,24). The molecule has 0 saturated carbocycles. The van der Waals surface area contributed by atoms with E-state index in [-0.39, 0.29) is 6.04 Å². The van der Waals surface area contributed by atoms with Gasteiger partial charge in [0.1, 0.15) is 11.0 Å². The Morgan fingerprint density at radius 1 is 1.42 bits per heavy atom. The summed E-state index contributed by atoms with van der Waals surface area (Å²) in [5.74, 6) is 0.679. The lowest BCUT2D eigenvalue weighted by Crippen LogP contribution is -2.44. The van der Waals surface area contributed by atoms with Crippen LogP contribution in [0.5, 0.6) is 0 Å². The molecule has 1 aliphatic rings. The number of aromatic nitrogens is 2. The number of nitrogens with zero attached hydrogens (tertiary/aromatic N) is 3. The minimum absolute atomic E-state index is 0.0482. The fourth-order valence-corrected chi connectivity index (χ4v) is 3.17. The van der Waals surface area contributed by atoms with E-state index in [1.54, 1.807) is 6.20 Å². The van der Waals surface area contributed by atoms with Gasteiger partial charge in [-0.05, 0) is 48.6 Å². The van der Waals surface area contributed by atoms with Crippen LogP contribution in [0.25, 0.3) is 0 Å². The second-order valence-electron chi connectivity index (χ2n) is 5.93. The summed E-state index contributed by atoms with van der Waals surface area (Å²) in [7, 11) is 0. The van der Waals surface area contributed by atoms with Crippen LogP contribution < -0.4 is 5.32 Å². The largest absolute Gasteiger partial charge is 0.465 e. The first-order chi connectivity index (χ1) is 11.6. The number of carbonyl (C=O) groups is 1. The highest BCUT2D eigenvalue weighted by molar-refractivity contribution is 6.29. The third-order valence-corrected chi connectivity index (χ3v) is 4.22. The Labute approximate surface area is 145 Å². The number of hydrogen-bond acceptors (Lipinski definition) is 4. The minimum Gasteiger partial charge on any atom is -0.465 e. The number of anilines is 1. The molecule has 24 heavy (non-hydrogen) atoms. The van der Waals surface area contributed by atoms with E-state index in [0.29, 0.717) is 24.1 Å². The molecule has 1 atom stereocenters. The fourth-order valence-electron chi connectivity index (χ4n) is 2.94. The molecule has 0 spiro atoms. The zero-order valence-corrected chi connectivity index (χ0v) is 13.9.